The smallest absolute Gasteiger partial charge is 0.250 e. The van der Waals surface area contributed by atoms with E-state index in [1.165, 1.54) is 5.69 Å². The molecule has 6 heteroatoms. The number of aliphatic hydroxyl groups excluding tert-OH is 1. The van der Waals surface area contributed by atoms with Gasteiger partial charge in [0, 0.05) is 49.5 Å². The van der Waals surface area contributed by atoms with Crippen LogP contribution in [-0.2, 0) is 4.79 Å². The van der Waals surface area contributed by atoms with Crippen molar-refractivity contribution in [3.63, 3.8) is 0 Å². The molecule has 1 heterocycles. The lowest BCUT2D eigenvalue weighted by atomic mass is 10.0. The van der Waals surface area contributed by atoms with Gasteiger partial charge in [0.15, 0.2) is 5.78 Å². The van der Waals surface area contributed by atoms with Gasteiger partial charge < -0.3 is 15.3 Å². The summed E-state index contributed by atoms with van der Waals surface area (Å²) in [6.45, 7) is 4.80. The Kier molecular flexibility index (Phi) is 8.41. The number of benzene rings is 2. The molecule has 0 spiro atoms. The summed E-state index contributed by atoms with van der Waals surface area (Å²) in [6, 6.07) is 17.5. The van der Waals surface area contributed by atoms with Crippen molar-refractivity contribution in [1.29, 1.82) is 0 Å². The number of para-hydroxylation sites is 1. The molecule has 1 aliphatic heterocycles. The van der Waals surface area contributed by atoms with Gasteiger partial charge in [-0.3, -0.25) is 14.5 Å². The van der Waals surface area contributed by atoms with Crippen molar-refractivity contribution < 1.29 is 14.7 Å². The average molecular weight is 410 g/mol. The van der Waals surface area contributed by atoms with Gasteiger partial charge in [0.2, 0.25) is 5.91 Å². The van der Waals surface area contributed by atoms with E-state index in [-0.39, 0.29) is 5.78 Å². The maximum Gasteiger partial charge on any atom is 0.250 e. The molecular weight excluding hydrogens is 378 g/mol. The lowest BCUT2D eigenvalue weighted by molar-refractivity contribution is -0.118. The van der Waals surface area contributed by atoms with Crippen LogP contribution in [0.1, 0.15) is 36.0 Å². The van der Waals surface area contributed by atoms with E-state index >= 15 is 0 Å². The van der Waals surface area contributed by atoms with Crippen LogP contribution in [0.3, 0.4) is 0 Å². The van der Waals surface area contributed by atoms with Crippen LogP contribution in [0.5, 0.6) is 0 Å². The van der Waals surface area contributed by atoms with Crippen LogP contribution in [0.15, 0.2) is 54.6 Å². The maximum atomic E-state index is 12.4. The van der Waals surface area contributed by atoms with Crippen molar-refractivity contribution in [2.24, 2.45) is 0 Å². The van der Waals surface area contributed by atoms with Crippen LogP contribution in [-0.4, -0.2) is 61.0 Å². The third kappa shape index (κ3) is 6.68. The number of nitrogens with zero attached hydrogens (tertiary/aromatic N) is 2. The summed E-state index contributed by atoms with van der Waals surface area (Å²) >= 11 is 0. The van der Waals surface area contributed by atoms with E-state index in [9.17, 15) is 9.59 Å². The van der Waals surface area contributed by atoms with Crippen molar-refractivity contribution >= 4 is 23.1 Å². The van der Waals surface area contributed by atoms with E-state index < -0.39 is 12.5 Å². The van der Waals surface area contributed by atoms with E-state index in [4.69, 9.17) is 5.11 Å². The number of hydrogen-bond donors (Lipinski definition) is 2. The first-order chi connectivity index (χ1) is 14.7. The van der Waals surface area contributed by atoms with Crippen LogP contribution in [0.25, 0.3) is 0 Å². The van der Waals surface area contributed by atoms with Crippen molar-refractivity contribution in [3.8, 4) is 0 Å². The molecule has 0 unspecified atom stereocenters. The molecule has 3 rings (SSSR count). The lowest BCUT2D eigenvalue weighted by Gasteiger charge is -2.36. The number of anilines is 2. The van der Waals surface area contributed by atoms with Crippen molar-refractivity contribution in [3.05, 3.63) is 60.2 Å². The molecule has 1 fully saturated rings. The van der Waals surface area contributed by atoms with Crippen molar-refractivity contribution in [2.45, 2.75) is 25.7 Å². The molecule has 0 saturated carbocycles. The predicted octanol–water partition coefficient (Wildman–Crippen LogP) is 3.18. The van der Waals surface area contributed by atoms with E-state index in [0.29, 0.717) is 17.7 Å². The Hall–Kier alpha value is -2.70. The minimum absolute atomic E-state index is 0.0894. The van der Waals surface area contributed by atoms with E-state index in [1.807, 2.05) is 0 Å². The zero-order chi connectivity index (χ0) is 21.2. The zero-order valence-corrected chi connectivity index (χ0v) is 17.4. The lowest BCUT2D eigenvalue weighted by Crippen LogP contribution is -2.46. The first-order valence-electron chi connectivity index (χ1n) is 10.7. The summed E-state index contributed by atoms with van der Waals surface area (Å²) < 4.78 is 0. The normalized spacial score (nSPS) is 14.5. The molecular formula is C24H31N3O3. The molecule has 2 aromatic rings. The number of rotatable bonds is 10. The maximum absolute atomic E-state index is 12.4. The molecule has 2 aromatic carbocycles. The molecule has 0 aliphatic carbocycles. The Labute approximate surface area is 178 Å². The van der Waals surface area contributed by atoms with Crippen molar-refractivity contribution in [2.75, 3.05) is 49.5 Å². The molecule has 1 saturated heterocycles. The first-order valence-corrected chi connectivity index (χ1v) is 10.7. The highest BCUT2D eigenvalue weighted by atomic mass is 16.3. The molecule has 1 aliphatic rings. The molecule has 0 bridgehead atoms. The largest absolute Gasteiger partial charge is 0.387 e. The van der Waals surface area contributed by atoms with Gasteiger partial charge in [-0.15, -0.1) is 0 Å². The molecule has 6 nitrogen and oxygen atoms in total. The molecule has 0 radical (unpaired) electrons. The van der Waals surface area contributed by atoms with Gasteiger partial charge in [-0.2, -0.15) is 0 Å². The Morgan fingerprint density at radius 3 is 2.40 bits per heavy atom. The summed E-state index contributed by atoms with van der Waals surface area (Å²) in [6.07, 6.45) is 3.52. The van der Waals surface area contributed by atoms with Gasteiger partial charge in [-0.05, 0) is 43.7 Å². The highest BCUT2D eigenvalue weighted by Crippen LogP contribution is 2.17. The highest BCUT2D eigenvalue weighted by molar-refractivity contribution is 5.98. The minimum atomic E-state index is -0.570. The van der Waals surface area contributed by atoms with Gasteiger partial charge in [0.05, 0.1) is 0 Å². The fraction of sp³-hybridized carbons (Fsp3) is 0.417. The second kappa shape index (κ2) is 11.5. The van der Waals surface area contributed by atoms with Crippen LogP contribution < -0.4 is 10.2 Å². The minimum Gasteiger partial charge on any atom is -0.387 e. The summed E-state index contributed by atoms with van der Waals surface area (Å²) in [5, 5.41) is 11.4. The van der Waals surface area contributed by atoms with Crippen LogP contribution in [0, 0.1) is 0 Å². The Bertz CT molecular complexity index is 817. The monoisotopic (exact) mass is 409 g/mol. The average Bonchev–Trinajstić information content (AvgIpc) is 2.80. The number of ketones is 1. The number of carbonyl (C=O) groups excluding carboxylic acids is 2. The topological polar surface area (TPSA) is 72.9 Å². The molecule has 2 N–H and O–H groups in total. The molecule has 30 heavy (non-hydrogen) atoms. The number of unbranched alkanes of at least 4 members (excludes halogenated alkanes) is 2. The fourth-order valence-corrected chi connectivity index (χ4v) is 3.78. The molecule has 0 atom stereocenters. The first kappa shape index (κ1) is 22.0. The van der Waals surface area contributed by atoms with E-state index in [0.717, 1.165) is 52.0 Å². The summed E-state index contributed by atoms with van der Waals surface area (Å²) in [5.74, 6) is -0.393. The van der Waals surface area contributed by atoms with Crippen molar-refractivity contribution in [1.82, 2.24) is 4.90 Å². The van der Waals surface area contributed by atoms with E-state index in [2.05, 4.69) is 45.4 Å². The third-order valence-corrected chi connectivity index (χ3v) is 5.48. The standard InChI is InChI=1S/C24H31N3O3/c28-19-24(30)25-21-9-7-8-20(18-21)23(29)12-5-2-6-13-26-14-16-27(17-15-26)22-10-3-1-4-11-22/h1,3-4,7-11,18,28H,2,5-6,12-17,19H2,(H,25,30). The van der Waals surface area contributed by atoms with Crippen LogP contribution >= 0.6 is 0 Å². The number of Topliss-reactive ketones (excluding diaryl/α,β-unsaturated/α-hetero) is 1. The van der Waals surface area contributed by atoms with Gasteiger partial charge in [0.25, 0.3) is 0 Å². The molecule has 1 amide bonds. The van der Waals surface area contributed by atoms with Gasteiger partial charge in [0.1, 0.15) is 6.61 Å². The predicted molar refractivity (Wildman–Crippen MR) is 120 cm³/mol. The SMILES string of the molecule is O=C(CO)Nc1cccc(C(=O)CCCCCN2CCN(c3ccccc3)CC2)c1. The Morgan fingerprint density at radius 2 is 1.67 bits per heavy atom. The number of carbonyl (C=O) groups is 2. The summed E-state index contributed by atoms with van der Waals surface area (Å²) in [5.41, 5.74) is 2.44. The summed E-state index contributed by atoms with van der Waals surface area (Å²) in [7, 11) is 0. The second-order valence-corrected chi connectivity index (χ2v) is 7.69. The molecule has 160 valence electrons. The van der Waals surface area contributed by atoms with E-state index in [1.54, 1.807) is 24.3 Å². The van der Waals surface area contributed by atoms with Crippen LogP contribution in [0.2, 0.25) is 0 Å². The number of nitrogens with one attached hydrogen (secondary N) is 1. The van der Waals surface area contributed by atoms with Crippen LogP contribution in [0.4, 0.5) is 11.4 Å². The van der Waals surface area contributed by atoms with Gasteiger partial charge in [-0.1, -0.05) is 36.8 Å². The quantitative estimate of drug-likeness (QED) is 0.466. The summed E-state index contributed by atoms with van der Waals surface area (Å²) in [4.78, 5) is 28.6. The van der Waals surface area contributed by atoms with Gasteiger partial charge in [-0.25, -0.2) is 0 Å². The third-order valence-electron chi connectivity index (χ3n) is 5.48. The number of piperazine rings is 1. The highest BCUT2D eigenvalue weighted by Gasteiger charge is 2.16. The Balaban J connectivity index is 1.31. The number of amides is 1. The fourth-order valence-electron chi connectivity index (χ4n) is 3.78. The molecule has 0 aromatic heterocycles. The number of aliphatic hydroxyl groups is 1. The zero-order valence-electron chi connectivity index (χ0n) is 17.4. The number of hydrogen-bond acceptors (Lipinski definition) is 5. The Morgan fingerprint density at radius 1 is 0.900 bits per heavy atom. The van der Waals surface area contributed by atoms with Gasteiger partial charge >= 0.3 is 0 Å². The second-order valence-electron chi connectivity index (χ2n) is 7.69.